The molecule has 0 saturated carbocycles. The van der Waals surface area contributed by atoms with Gasteiger partial charge in [-0.15, -0.1) is 10.2 Å². The van der Waals surface area contributed by atoms with Gasteiger partial charge < -0.3 is 9.64 Å². The fourth-order valence-corrected chi connectivity index (χ4v) is 3.92. The van der Waals surface area contributed by atoms with Crippen LogP contribution in [-0.2, 0) is 4.74 Å². The summed E-state index contributed by atoms with van der Waals surface area (Å²) in [4.78, 5) is 14.4. The number of fused-ring (bicyclic) bond motifs is 1. The summed E-state index contributed by atoms with van der Waals surface area (Å²) in [7, 11) is 0. The highest BCUT2D eigenvalue weighted by molar-refractivity contribution is 8.00. The number of aromatic nitrogens is 2. The molecule has 2 aliphatic rings. The molecule has 2 atom stereocenters. The summed E-state index contributed by atoms with van der Waals surface area (Å²) in [6.07, 6.45) is 0.893. The van der Waals surface area contributed by atoms with E-state index in [2.05, 4.69) is 10.2 Å². The minimum atomic E-state index is -0.0543. The number of halogens is 1. The van der Waals surface area contributed by atoms with Crippen molar-refractivity contribution in [2.45, 2.75) is 17.7 Å². The number of amides is 1. The Kier molecular flexibility index (Phi) is 3.91. The first kappa shape index (κ1) is 13.1. The van der Waals surface area contributed by atoms with E-state index in [1.54, 1.807) is 12.1 Å². The SMILES string of the molecule is O=C(c1ccc(Cl)nn1)N1CCS[C@H]2COCC[C@@H]21. The highest BCUT2D eigenvalue weighted by atomic mass is 35.5. The maximum absolute atomic E-state index is 12.5. The van der Waals surface area contributed by atoms with Crippen LogP contribution in [0.15, 0.2) is 12.1 Å². The normalized spacial score (nSPS) is 26.9. The highest BCUT2D eigenvalue weighted by Gasteiger charge is 2.37. The van der Waals surface area contributed by atoms with Crippen molar-refractivity contribution >= 4 is 29.3 Å². The van der Waals surface area contributed by atoms with Crippen molar-refractivity contribution in [2.75, 3.05) is 25.5 Å². The molecule has 0 aromatic carbocycles. The van der Waals surface area contributed by atoms with Crippen LogP contribution in [0.4, 0.5) is 0 Å². The van der Waals surface area contributed by atoms with Gasteiger partial charge in [-0.1, -0.05) is 11.6 Å². The number of nitrogens with zero attached hydrogens (tertiary/aromatic N) is 3. The van der Waals surface area contributed by atoms with Crippen molar-refractivity contribution in [2.24, 2.45) is 0 Å². The molecule has 7 heteroatoms. The lowest BCUT2D eigenvalue weighted by atomic mass is 10.1. The Labute approximate surface area is 120 Å². The Morgan fingerprint density at radius 1 is 1.47 bits per heavy atom. The molecule has 2 aliphatic heterocycles. The molecule has 2 saturated heterocycles. The summed E-state index contributed by atoms with van der Waals surface area (Å²) in [5.74, 6) is 0.887. The summed E-state index contributed by atoms with van der Waals surface area (Å²) in [6, 6.07) is 3.48. The van der Waals surface area contributed by atoms with E-state index in [9.17, 15) is 4.79 Å². The maximum Gasteiger partial charge on any atom is 0.274 e. The summed E-state index contributed by atoms with van der Waals surface area (Å²) in [6.45, 7) is 2.21. The van der Waals surface area contributed by atoms with Gasteiger partial charge in [0, 0.05) is 30.2 Å². The Balaban J connectivity index is 1.79. The highest BCUT2D eigenvalue weighted by Crippen LogP contribution is 2.30. The quantitative estimate of drug-likeness (QED) is 0.786. The zero-order chi connectivity index (χ0) is 13.2. The van der Waals surface area contributed by atoms with E-state index in [0.717, 1.165) is 31.9 Å². The Bertz CT molecular complexity index is 469. The lowest BCUT2D eigenvalue weighted by Gasteiger charge is -2.43. The second kappa shape index (κ2) is 5.64. The molecule has 0 bridgehead atoms. The van der Waals surface area contributed by atoms with Crippen LogP contribution in [0.3, 0.4) is 0 Å². The summed E-state index contributed by atoms with van der Waals surface area (Å²) in [5, 5.41) is 8.30. The summed E-state index contributed by atoms with van der Waals surface area (Å²) >= 11 is 7.58. The lowest BCUT2D eigenvalue weighted by molar-refractivity contribution is 0.0315. The fourth-order valence-electron chi connectivity index (χ4n) is 2.51. The van der Waals surface area contributed by atoms with E-state index in [4.69, 9.17) is 16.3 Å². The number of carbonyl (C=O) groups excluding carboxylic acids is 1. The van der Waals surface area contributed by atoms with Gasteiger partial charge in [0.2, 0.25) is 0 Å². The predicted octanol–water partition coefficient (Wildman–Crippen LogP) is 1.48. The van der Waals surface area contributed by atoms with E-state index in [0.29, 0.717) is 16.1 Å². The topological polar surface area (TPSA) is 55.3 Å². The molecule has 0 spiro atoms. The molecule has 0 N–H and O–H groups in total. The minimum Gasteiger partial charge on any atom is -0.380 e. The lowest BCUT2D eigenvalue weighted by Crippen LogP contribution is -2.54. The Hall–Kier alpha value is -0.850. The van der Waals surface area contributed by atoms with E-state index < -0.39 is 0 Å². The fraction of sp³-hybridized carbons (Fsp3) is 0.583. The number of hydrogen-bond acceptors (Lipinski definition) is 5. The van der Waals surface area contributed by atoms with E-state index in [-0.39, 0.29) is 11.9 Å². The van der Waals surface area contributed by atoms with Crippen molar-refractivity contribution in [3.05, 3.63) is 23.0 Å². The Morgan fingerprint density at radius 3 is 3.16 bits per heavy atom. The van der Waals surface area contributed by atoms with Gasteiger partial charge in [-0.05, 0) is 18.6 Å². The van der Waals surface area contributed by atoms with Crippen LogP contribution in [0.1, 0.15) is 16.9 Å². The molecule has 5 nitrogen and oxygen atoms in total. The standard InChI is InChI=1S/C12H14ClN3O2S/c13-11-2-1-8(14-15-11)12(17)16-4-6-19-10-7-18-5-3-9(10)16/h1-2,9-10H,3-7H2/t9-,10-/m0/s1. The van der Waals surface area contributed by atoms with Crippen LogP contribution in [0, 0.1) is 0 Å². The first-order valence-electron chi connectivity index (χ1n) is 6.25. The van der Waals surface area contributed by atoms with Crippen molar-refractivity contribution in [3.8, 4) is 0 Å². The molecule has 0 radical (unpaired) electrons. The van der Waals surface area contributed by atoms with Crippen molar-refractivity contribution in [1.82, 2.24) is 15.1 Å². The number of thioether (sulfide) groups is 1. The van der Waals surface area contributed by atoms with Crippen LogP contribution < -0.4 is 0 Å². The van der Waals surface area contributed by atoms with Crippen molar-refractivity contribution in [3.63, 3.8) is 0 Å². The number of ether oxygens (including phenoxy) is 1. The van der Waals surface area contributed by atoms with Gasteiger partial charge in [0.25, 0.3) is 5.91 Å². The van der Waals surface area contributed by atoms with E-state index in [1.165, 1.54) is 0 Å². The van der Waals surface area contributed by atoms with Crippen LogP contribution in [0.2, 0.25) is 5.15 Å². The smallest absolute Gasteiger partial charge is 0.274 e. The third-order valence-electron chi connectivity index (χ3n) is 3.45. The van der Waals surface area contributed by atoms with Gasteiger partial charge in [0.15, 0.2) is 10.8 Å². The maximum atomic E-state index is 12.5. The van der Waals surface area contributed by atoms with Gasteiger partial charge in [-0.2, -0.15) is 11.8 Å². The van der Waals surface area contributed by atoms with Gasteiger partial charge in [0.1, 0.15) is 0 Å². The van der Waals surface area contributed by atoms with Crippen LogP contribution in [-0.4, -0.2) is 57.8 Å². The van der Waals surface area contributed by atoms with Gasteiger partial charge in [-0.3, -0.25) is 4.79 Å². The van der Waals surface area contributed by atoms with Gasteiger partial charge in [0.05, 0.1) is 6.61 Å². The van der Waals surface area contributed by atoms with E-state index in [1.807, 2.05) is 16.7 Å². The molecule has 1 aromatic heterocycles. The molecule has 3 rings (SSSR count). The summed E-state index contributed by atoms with van der Waals surface area (Å²) in [5.41, 5.74) is 0.363. The second-order valence-corrected chi connectivity index (χ2v) is 6.31. The van der Waals surface area contributed by atoms with Crippen molar-refractivity contribution in [1.29, 1.82) is 0 Å². The third kappa shape index (κ3) is 2.70. The van der Waals surface area contributed by atoms with Crippen LogP contribution in [0.5, 0.6) is 0 Å². The van der Waals surface area contributed by atoms with Crippen LogP contribution in [0.25, 0.3) is 0 Å². The minimum absolute atomic E-state index is 0.0543. The molecule has 0 unspecified atom stereocenters. The van der Waals surface area contributed by atoms with Crippen molar-refractivity contribution < 1.29 is 9.53 Å². The molecular weight excluding hydrogens is 286 g/mol. The number of hydrogen-bond donors (Lipinski definition) is 0. The van der Waals surface area contributed by atoms with Crippen LogP contribution >= 0.6 is 23.4 Å². The first-order chi connectivity index (χ1) is 9.25. The molecular formula is C12H14ClN3O2S. The molecule has 19 heavy (non-hydrogen) atoms. The average Bonchev–Trinajstić information content (AvgIpc) is 2.47. The Morgan fingerprint density at radius 2 is 2.37 bits per heavy atom. The van der Waals surface area contributed by atoms with Gasteiger partial charge >= 0.3 is 0 Å². The molecule has 2 fully saturated rings. The number of carbonyl (C=O) groups is 1. The molecule has 0 aliphatic carbocycles. The number of rotatable bonds is 1. The molecule has 1 amide bonds. The van der Waals surface area contributed by atoms with Gasteiger partial charge in [-0.25, -0.2) is 0 Å². The third-order valence-corrected chi connectivity index (χ3v) is 4.94. The zero-order valence-corrected chi connectivity index (χ0v) is 11.9. The molecule has 1 aromatic rings. The molecule has 3 heterocycles. The monoisotopic (exact) mass is 299 g/mol. The second-order valence-electron chi connectivity index (χ2n) is 4.58. The predicted molar refractivity (Wildman–Crippen MR) is 73.5 cm³/mol. The largest absolute Gasteiger partial charge is 0.380 e. The first-order valence-corrected chi connectivity index (χ1v) is 7.68. The average molecular weight is 300 g/mol. The summed E-state index contributed by atoms with van der Waals surface area (Å²) < 4.78 is 5.48. The zero-order valence-electron chi connectivity index (χ0n) is 10.3. The van der Waals surface area contributed by atoms with E-state index >= 15 is 0 Å². The molecule has 102 valence electrons.